The Balaban J connectivity index is 1.98. The second-order valence-electron chi connectivity index (χ2n) is 6.62. The fourth-order valence-electron chi connectivity index (χ4n) is 3.06. The number of sulfonamides is 2. The maximum absolute atomic E-state index is 12.8. The maximum atomic E-state index is 12.8. The predicted octanol–water partition coefficient (Wildman–Crippen LogP) is 2.95. The molecule has 1 saturated heterocycles. The third kappa shape index (κ3) is 3.57. The lowest BCUT2D eigenvalue weighted by molar-refractivity contribution is 0.598. The summed E-state index contributed by atoms with van der Waals surface area (Å²) in [7, 11) is -7.10. The first-order valence-corrected chi connectivity index (χ1v) is 11.4. The smallest absolute Gasteiger partial charge is 0.262 e. The summed E-state index contributed by atoms with van der Waals surface area (Å²) < 4.78 is 53.9. The molecular formula is C18H22N2O4S2. The molecule has 0 aliphatic carbocycles. The second-order valence-corrected chi connectivity index (χ2v) is 10.3. The molecule has 0 atom stereocenters. The van der Waals surface area contributed by atoms with Gasteiger partial charge in [0.05, 0.1) is 22.0 Å². The van der Waals surface area contributed by atoms with E-state index in [0.29, 0.717) is 29.9 Å². The van der Waals surface area contributed by atoms with Crippen molar-refractivity contribution in [1.82, 2.24) is 0 Å². The molecule has 3 rings (SSSR count). The van der Waals surface area contributed by atoms with E-state index in [-0.39, 0.29) is 10.6 Å². The van der Waals surface area contributed by atoms with E-state index in [0.717, 1.165) is 11.1 Å². The predicted molar refractivity (Wildman–Crippen MR) is 104 cm³/mol. The molecule has 0 radical (unpaired) electrons. The quantitative estimate of drug-likeness (QED) is 0.864. The maximum Gasteiger partial charge on any atom is 0.262 e. The number of hydrogen-bond acceptors (Lipinski definition) is 4. The molecule has 1 aliphatic heterocycles. The zero-order valence-electron chi connectivity index (χ0n) is 15.0. The van der Waals surface area contributed by atoms with Gasteiger partial charge in [-0.05, 0) is 62.1 Å². The van der Waals surface area contributed by atoms with Crippen LogP contribution in [-0.2, 0) is 20.0 Å². The summed E-state index contributed by atoms with van der Waals surface area (Å²) in [5.41, 5.74) is 3.14. The average molecular weight is 395 g/mol. The summed E-state index contributed by atoms with van der Waals surface area (Å²) in [6.45, 7) is 5.80. The van der Waals surface area contributed by atoms with Crippen molar-refractivity contribution in [2.24, 2.45) is 0 Å². The Labute approximate surface area is 155 Å². The largest absolute Gasteiger partial charge is 0.280 e. The fourth-order valence-corrected chi connectivity index (χ4v) is 6.06. The fraction of sp³-hybridized carbons (Fsp3) is 0.333. The van der Waals surface area contributed by atoms with Crippen LogP contribution in [0.15, 0.2) is 41.3 Å². The van der Waals surface area contributed by atoms with Crippen LogP contribution in [0, 0.1) is 20.8 Å². The molecule has 1 aliphatic rings. The van der Waals surface area contributed by atoms with Gasteiger partial charge in [-0.3, -0.25) is 9.03 Å². The SMILES string of the molecule is Cc1ccc(C)c(S(=O)(=O)Nc2ccc(C)c(N3CCCS3(=O)=O)c2)c1. The lowest BCUT2D eigenvalue weighted by Gasteiger charge is -2.20. The highest BCUT2D eigenvalue weighted by Gasteiger charge is 2.29. The van der Waals surface area contributed by atoms with E-state index in [1.807, 2.05) is 19.9 Å². The number of hydrogen-bond donors (Lipinski definition) is 1. The van der Waals surface area contributed by atoms with E-state index < -0.39 is 20.0 Å². The Hall–Kier alpha value is -2.06. The molecule has 0 spiro atoms. The number of rotatable bonds is 4. The molecule has 0 amide bonds. The molecule has 2 aromatic carbocycles. The summed E-state index contributed by atoms with van der Waals surface area (Å²) in [6, 6.07) is 10.2. The van der Waals surface area contributed by atoms with Crippen LogP contribution in [0.2, 0.25) is 0 Å². The topological polar surface area (TPSA) is 83.6 Å². The summed E-state index contributed by atoms with van der Waals surface area (Å²) in [6.07, 6.45) is 0.570. The van der Waals surface area contributed by atoms with Crippen LogP contribution in [0.5, 0.6) is 0 Å². The third-order valence-electron chi connectivity index (χ3n) is 4.46. The average Bonchev–Trinajstić information content (AvgIpc) is 2.90. The van der Waals surface area contributed by atoms with Gasteiger partial charge in [-0.25, -0.2) is 16.8 Å². The van der Waals surface area contributed by atoms with Gasteiger partial charge in [-0.15, -0.1) is 0 Å². The van der Waals surface area contributed by atoms with Crippen LogP contribution in [0.3, 0.4) is 0 Å². The molecule has 2 aromatic rings. The highest BCUT2D eigenvalue weighted by Crippen LogP contribution is 2.31. The van der Waals surface area contributed by atoms with Crippen molar-refractivity contribution in [1.29, 1.82) is 0 Å². The van der Waals surface area contributed by atoms with Gasteiger partial charge in [0.25, 0.3) is 10.0 Å². The van der Waals surface area contributed by atoms with Crippen LogP contribution in [0.1, 0.15) is 23.1 Å². The van der Waals surface area contributed by atoms with Gasteiger partial charge in [0.1, 0.15) is 0 Å². The minimum Gasteiger partial charge on any atom is -0.280 e. The number of benzene rings is 2. The molecule has 26 heavy (non-hydrogen) atoms. The van der Waals surface area contributed by atoms with Crippen LogP contribution < -0.4 is 9.03 Å². The van der Waals surface area contributed by atoms with Crippen LogP contribution in [-0.4, -0.2) is 29.1 Å². The highest BCUT2D eigenvalue weighted by molar-refractivity contribution is 7.93. The van der Waals surface area contributed by atoms with Crippen molar-refractivity contribution in [3.05, 3.63) is 53.1 Å². The summed E-state index contributed by atoms with van der Waals surface area (Å²) in [4.78, 5) is 0.216. The van der Waals surface area contributed by atoms with E-state index in [2.05, 4.69) is 4.72 Å². The normalized spacial score (nSPS) is 16.7. The van der Waals surface area contributed by atoms with Crippen molar-refractivity contribution in [3.63, 3.8) is 0 Å². The minimum absolute atomic E-state index is 0.116. The molecule has 1 N–H and O–H groups in total. The molecule has 0 aromatic heterocycles. The number of anilines is 2. The molecule has 8 heteroatoms. The summed E-state index contributed by atoms with van der Waals surface area (Å²) >= 11 is 0. The first-order chi connectivity index (χ1) is 12.1. The second kappa shape index (κ2) is 6.59. The molecule has 0 unspecified atom stereocenters. The van der Waals surface area contributed by atoms with Crippen LogP contribution >= 0.6 is 0 Å². The number of nitrogens with one attached hydrogen (secondary N) is 1. The Morgan fingerprint density at radius 2 is 1.69 bits per heavy atom. The van der Waals surface area contributed by atoms with Gasteiger partial charge < -0.3 is 0 Å². The van der Waals surface area contributed by atoms with Gasteiger partial charge in [0.15, 0.2) is 0 Å². The van der Waals surface area contributed by atoms with Crippen LogP contribution in [0.4, 0.5) is 11.4 Å². The van der Waals surface area contributed by atoms with Crippen LogP contribution in [0.25, 0.3) is 0 Å². The zero-order valence-corrected chi connectivity index (χ0v) is 16.6. The highest BCUT2D eigenvalue weighted by atomic mass is 32.2. The third-order valence-corrected chi connectivity index (χ3v) is 7.84. The Kier molecular flexibility index (Phi) is 4.74. The van der Waals surface area contributed by atoms with Gasteiger partial charge >= 0.3 is 0 Å². The van der Waals surface area contributed by atoms with Crippen molar-refractivity contribution >= 4 is 31.4 Å². The molecular weight excluding hydrogens is 372 g/mol. The van der Waals surface area contributed by atoms with Gasteiger partial charge in [-0.2, -0.15) is 0 Å². The molecule has 1 fully saturated rings. The molecule has 140 valence electrons. The Morgan fingerprint density at radius 3 is 2.35 bits per heavy atom. The number of nitrogens with zero attached hydrogens (tertiary/aromatic N) is 1. The van der Waals surface area contributed by atoms with Gasteiger partial charge in [-0.1, -0.05) is 18.2 Å². The lowest BCUT2D eigenvalue weighted by atomic mass is 10.2. The minimum atomic E-state index is -3.77. The number of aryl methyl sites for hydroxylation is 3. The van der Waals surface area contributed by atoms with Crippen molar-refractivity contribution in [2.45, 2.75) is 32.1 Å². The first-order valence-electron chi connectivity index (χ1n) is 8.31. The van der Waals surface area contributed by atoms with E-state index in [4.69, 9.17) is 0 Å². The molecule has 0 bridgehead atoms. The van der Waals surface area contributed by atoms with E-state index in [1.165, 1.54) is 4.31 Å². The van der Waals surface area contributed by atoms with E-state index in [9.17, 15) is 16.8 Å². The monoisotopic (exact) mass is 394 g/mol. The summed E-state index contributed by atoms with van der Waals surface area (Å²) in [5, 5.41) is 0. The molecule has 1 heterocycles. The molecule has 0 saturated carbocycles. The van der Waals surface area contributed by atoms with E-state index >= 15 is 0 Å². The molecule has 6 nitrogen and oxygen atoms in total. The van der Waals surface area contributed by atoms with Gasteiger partial charge in [0.2, 0.25) is 10.0 Å². The van der Waals surface area contributed by atoms with Crippen molar-refractivity contribution < 1.29 is 16.8 Å². The zero-order chi connectivity index (χ0) is 19.1. The van der Waals surface area contributed by atoms with Gasteiger partial charge in [0, 0.05) is 6.54 Å². The summed E-state index contributed by atoms with van der Waals surface area (Å²) in [5.74, 6) is 0.116. The lowest BCUT2D eigenvalue weighted by Crippen LogP contribution is -2.26. The Morgan fingerprint density at radius 1 is 1.00 bits per heavy atom. The van der Waals surface area contributed by atoms with Crippen molar-refractivity contribution in [2.75, 3.05) is 21.3 Å². The first kappa shape index (κ1) is 18.7. The standard InChI is InChI=1S/C18H22N2O4S2/c1-13-5-6-15(3)18(11-13)26(23,24)19-16-8-7-14(2)17(12-16)20-9-4-10-25(20,21)22/h5-8,11-12,19H,4,9-10H2,1-3H3. The Bertz CT molecular complexity index is 1060. The van der Waals surface area contributed by atoms with E-state index in [1.54, 1.807) is 37.3 Å². The van der Waals surface area contributed by atoms with Crippen molar-refractivity contribution in [3.8, 4) is 0 Å².